The molecule has 0 radical (unpaired) electrons. The van der Waals surface area contributed by atoms with Gasteiger partial charge in [0.1, 0.15) is 0 Å². The molecule has 96 valence electrons. The van der Waals surface area contributed by atoms with Crippen molar-refractivity contribution in [1.82, 2.24) is 20.1 Å². The number of hydrogen-bond donors (Lipinski definition) is 1. The van der Waals surface area contributed by atoms with Crippen LogP contribution in [0.15, 0.2) is 30.7 Å². The first-order chi connectivity index (χ1) is 8.70. The Hall–Kier alpha value is -1.39. The summed E-state index contributed by atoms with van der Waals surface area (Å²) in [5.41, 5.74) is 1.94. The lowest BCUT2D eigenvalue weighted by Crippen LogP contribution is -2.20. The van der Waals surface area contributed by atoms with E-state index in [9.17, 15) is 0 Å². The molecule has 1 atom stereocenters. The van der Waals surface area contributed by atoms with Gasteiger partial charge in [-0.15, -0.1) is 0 Å². The van der Waals surface area contributed by atoms with Gasteiger partial charge in [0.2, 0.25) is 0 Å². The van der Waals surface area contributed by atoms with Gasteiger partial charge in [-0.2, -0.15) is 5.10 Å². The molecule has 2 rings (SSSR count). The van der Waals surface area contributed by atoms with Gasteiger partial charge in [0.05, 0.1) is 28.8 Å². The van der Waals surface area contributed by atoms with E-state index in [0.717, 1.165) is 24.3 Å². The van der Waals surface area contributed by atoms with Crippen LogP contribution in [0.25, 0.3) is 5.69 Å². The van der Waals surface area contributed by atoms with Gasteiger partial charge in [-0.3, -0.25) is 4.98 Å². The number of aromatic nitrogens is 3. The first-order valence-electron chi connectivity index (χ1n) is 6.10. The first-order valence-corrected chi connectivity index (χ1v) is 6.48. The lowest BCUT2D eigenvalue weighted by molar-refractivity contribution is 0.558. The molecule has 2 aromatic rings. The molecule has 5 heteroatoms. The van der Waals surface area contributed by atoms with Gasteiger partial charge in [0.15, 0.2) is 0 Å². The first kappa shape index (κ1) is 13.1. The largest absolute Gasteiger partial charge is 0.309 e. The quantitative estimate of drug-likeness (QED) is 0.903. The van der Waals surface area contributed by atoms with E-state index < -0.39 is 0 Å². The zero-order chi connectivity index (χ0) is 13.0. The van der Waals surface area contributed by atoms with Crippen LogP contribution in [0.1, 0.15) is 32.0 Å². The molecule has 0 bridgehead atoms. The third-order valence-corrected chi connectivity index (χ3v) is 2.93. The minimum Gasteiger partial charge on any atom is -0.309 e. The lowest BCUT2D eigenvalue weighted by Gasteiger charge is -2.12. The highest BCUT2D eigenvalue weighted by Crippen LogP contribution is 2.14. The average molecular weight is 265 g/mol. The van der Waals surface area contributed by atoms with Crippen molar-refractivity contribution < 1.29 is 0 Å². The highest BCUT2D eigenvalue weighted by Gasteiger charge is 2.06. The van der Waals surface area contributed by atoms with Gasteiger partial charge in [-0.1, -0.05) is 18.5 Å². The molecule has 4 nitrogen and oxygen atoms in total. The van der Waals surface area contributed by atoms with E-state index in [1.54, 1.807) is 17.1 Å². The lowest BCUT2D eigenvalue weighted by atomic mass is 10.2. The molecule has 1 unspecified atom stereocenters. The summed E-state index contributed by atoms with van der Waals surface area (Å²) in [4.78, 5) is 4.45. The van der Waals surface area contributed by atoms with Crippen molar-refractivity contribution in [2.75, 3.05) is 6.54 Å². The summed E-state index contributed by atoms with van der Waals surface area (Å²) < 4.78 is 1.71. The number of nitrogens with zero attached hydrogens (tertiary/aromatic N) is 3. The Kier molecular flexibility index (Phi) is 4.33. The zero-order valence-corrected chi connectivity index (χ0v) is 11.4. The molecule has 0 aromatic carbocycles. The summed E-state index contributed by atoms with van der Waals surface area (Å²) in [7, 11) is 0. The summed E-state index contributed by atoms with van der Waals surface area (Å²) in [6, 6.07) is 4.27. The van der Waals surface area contributed by atoms with Crippen LogP contribution in [-0.2, 0) is 0 Å². The van der Waals surface area contributed by atoms with Gasteiger partial charge < -0.3 is 5.32 Å². The maximum atomic E-state index is 5.84. The van der Waals surface area contributed by atoms with Crippen molar-refractivity contribution in [1.29, 1.82) is 0 Å². The Bertz CT molecular complexity index is 492. The van der Waals surface area contributed by atoms with Crippen molar-refractivity contribution in [3.63, 3.8) is 0 Å². The van der Waals surface area contributed by atoms with E-state index in [-0.39, 0.29) is 6.04 Å². The van der Waals surface area contributed by atoms with Crippen molar-refractivity contribution in [2.45, 2.75) is 26.3 Å². The van der Waals surface area contributed by atoms with Gasteiger partial charge in [-0.25, -0.2) is 4.68 Å². The van der Waals surface area contributed by atoms with E-state index in [2.05, 4.69) is 29.2 Å². The Labute approximate surface area is 112 Å². The van der Waals surface area contributed by atoms with E-state index in [0.29, 0.717) is 5.02 Å². The molecule has 0 fully saturated rings. The number of nitrogens with one attached hydrogen (secondary N) is 1. The maximum Gasteiger partial charge on any atom is 0.0829 e. The molecule has 0 aliphatic heterocycles. The molecule has 18 heavy (non-hydrogen) atoms. The Morgan fingerprint density at radius 1 is 1.39 bits per heavy atom. The summed E-state index contributed by atoms with van der Waals surface area (Å²) in [6.07, 6.45) is 6.30. The summed E-state index contributed by atoms with van der Waals surface area (Å²) in [5.74, 6) is 0. The molecule has 2 heterocycles. The molecule has 2 aromatic heterocycles. The van der Waals surface area contributed by atoms with Crippen molar-refractivity contribution in [2.24, 2.45) is 0 Å². The number of hydrogen-bond acceptors (Lipinski definition) is 3. The monoisotopic (exact) mass is 264 g/mol. The minimum atomic E-state index is 0.264. The molecule has 0 saturated carbocycles. The topological polar surface area (TPSA) is 42.7 Å². The third kappa shape index (κ3) is 3.09. The minimum absolute atomic E-state index is 0.264. The molecule has 0 amide bonds. The third-order valence-electron chi connectivity index (χ3n) is 2.73. The predicted molar refractivity (Wildman–Crippen MR) is 73.1 cm³/mol. The highest BCUT2D eigenvalue weighted by molar-refractivity contribution is 6.30. The predicted octanol–water partition coefficient (Wildman–Crippen LogP) is 2.98. The Morgan fingerprint density at radius 3 is 2.78 bits per heavy atom. The number of rotatable bonds is 5. The normalized spacial score (nSPS) is 12.6. The van der Waals surface area contributed by atoms with Crippen LogP contribution in [0, 0.1) is 0 Å². The molecular formula is C13H17ClN4. The Morgan fingerprint density at radius 2 is 2.22 bits per heavy atom. The second-order valence-corrected chi connectivity index (χ2v) is 4.66. The molecule has 1 N–H and O–H groups in total. The summed E-state index contributed by atoms with van der Waals surface area (Å²) in [5, 5.41) is 8.17. The molecule has 0 aliphatic rings. The van der Waals surface area contributed by atoms with Crippen molar-refractivity contribution >= 4 is 11.6 Å². The van der Waals surface area contributed by atoms with Crippen molar-refractivity contribution in [3.8, 4) is 5.69 Å². The highest BCUT2D eigenvalue weighted by atomic mass is 35.5. The Balaban J connectivity index is 2.10. The molecule has 0 aliphatic carbocycles. The second-order valence-electron chi connectivity index (χ2n) is 4.22. The van der Waals surface area contributed by atoms with Gasteiger partial charge in [0, 0.05) is 12.2 Å². The van der Waals surface area contributed by atoms with Crippen LogP contribution < -0.4 is 5.32 Å². The SMILES string of the molecule is CCCNC(C)c1ccc(-n2cc(Cl)cn2)cn1. The number of pyridine rings is 1. The maximum absolute atomic E-state index is 5.84. The molecular weight excluding hydrogens is 248 g/mol. The smallest absolute Gasteiger partial charge is 0.0829 e. The van der Waals surface area contributed by atoms with E-state index in [1.165, 1.54) is 0 Å². The fourth-order valence-electron chi connectivity index (χ4n) is 1.70. The van der Waals surface area contributed by atoms with Crippen LogP contribution in [0.5, 0.6) is 0 Å². The van der Waals surface area contributed by atoms with Crippen molar-refractivity contribution in [3.05, 3.63) is 41.4 Å². The van der Waals surface area contributed by atoms with Crippen LogP contribution in [0.2, 0.25) is 5.02 Å². The molecule has 0 spiro atoms. The standard InChI is InChI=1S/C13H17ClN4/c1-3-6-15-10(2)13-5-4-12(8-16-13)18-9-11(14)7-17-18/h4-5,7-10,15H,3,6H2,1-2H3. The second kappa shape index (κ2) is 5.98. The van der Waals surface area contributed by atoms with Crippen LogP contribution in [0.4, 0.5) is 0 Å². The van der Waals surface area contributed by atoms with E-state index in [4.69, 9.17) is 11.6 Å². The van der Waals surface area contributed by atoms with Gasteiger partial charge in [-0.05, 0) is 32.0 Å². The van der Waals surface area contributed by atoms with E-state index in [1.807, 2.05) is 18.3 Å². The van der Waals surface area contributed by atoms with Gasteiger partial charge >= 0.3 is 0 Å². The zero-order valence-electron chi connectivity index (χ0n) is 10.6. The van der Waals surface area contributed by atoms with Gasteiger partial charge in [0.25, 0.3) is 0 Å². The molecule has 0 saturated heterocycles. The average Bonchev–Trinajstić information content (AvgIpc) is 2.83. The fraction of sp³-hybridized carbons (Fsp3) is 0.385. The van der Waals surface area contributed by atoms with Crippen LogP contribution in [-0.4, -0.2) is 21.3 Å². The fourth-order valence-corrected chi connectivity index (χ4v) is 1.83. The van der Waals surface area contributed by atoms with Crippen LogP contribution in [0.3, 0.4) is 0 Å². The van der Waals surface area contributed by atoms with Crippen LogP contribution >= 0.6 is 11.6 Å². The summed E-state index contributed by atoms with van der Waals surface area (Å²) in [6.45, 7) is 5.26. The summed E-state index contributed by atoms with van der Waals surface area (Å²) >= 11 is 5.84. The van der Waals surface area contributed by atoms with E-state index >= 15 is 0 Å². The number of halogens is 1.